The first-order valence-corrected chi connectivity index (χ1v) is 10.6. The van der Waals surface area contributed by atoms with Gasteiger partial charge in [0.2, 0.25) is 0 Å². The van der Waals surface area contributed by atoms with Crippen molar-refractivity contribution in [2.45, 2.75) is 52.1 Å². The Hall–Kier alpha value is -3.08. The molecule has 1 aliphatic carbocycles. The van der Waals surface area contributed by atoms with Gasteiger partial charge >= 0.3 is 6.09 Å². The number of hydrogen-bond donors (Lipinski definition) is 1. The molecule has 0 bridgehead atoms. The average molecular weight is 423 g/mol. The number of nitrogens with one attached hydrogen (secondary N) is 1. The van der Waals surface area contributed by atoms with Crippen molar-refractivity contribution in [2.24, 2.45) is 0 Å². The first-order valence-electron chi connectivity index (χ1n) is 10.6. The number of fused-ring (bicyclic) bond motifs is 1. The molecule has 4 nitrogen and oxygen atoms in total. The first-order chi connectivity index (χ1) is 14.7. The predicted octanol–water partition coefficient (Wildman–Crippen LogP) is 4.57. The van der Waals surface area contributed by atoms with Gasteiger partial charge in [-0.1, -0.05) is 31.4 Å². The lowest BCUT2D eigenvalue weighted by atomic mass is 10.0. The normalized spacial score (nSPS) is 13.7. The highest BCUT2D eigenvalue weighted by Crippen LogP contribution is 2.20. The van der Waals surface area contributed by atoms with Crippen LogP contribution in [0, 0.1) is 0 Å². The van der Waals surface area contributed by atoms with Crippen molar-refractivity contribution in [3.8, 4) is 5.69 Å². The van der Waals surface area contributed by atoms with Gasteiger partial charge in [0.1, 0.15) is 5.60 Å². The van der Waals surface area contributed by atoms with Crippen LogP contribution in [0.1, 0.15) is 50.4 Å². The van der Waals surface area contributed by atoms with Crippen molar-refractivity contribution in [1.82, 2.24) is 9.88 Å². The van der Waals surface area contributed by atoms with Crippen molar-refractivity contribution < 1.29 is 13.9 Å². The van der Waals surface area contributed by atoms with Crippen molar-refractivity contribution in [3.05, 3.63) is 69.6 Å². The fraction of sp³-hybridized carbons (Fsp3) is 0.346. The Morgan fingerprint density at radius 3 is 2.61 bits per heavy atom. The Bertz CT molecular complexity index is 1100. The van der Waals surface area contributed by atoms with Crippen LogP contribution in [0.15, 0.2) is 42.2 Å². The summed E-state index contributed by atoms with van der Waals surface area (Å²) in [6.07, 6.45) is 7.56. The maximum Gasteiger partial charge on any atom is 0.407 e. The Balaban J connectivity index is 1.63. The number of ether oxygens (including phenoxy) is 1. The van der Waals surface area contributed by atoms with Gasteiger partial charge in [0, 0.05) is 23.3 Å². The number of rotatable bonds is 6. The number of carbonyl (C=O) groups excluding carboxylic acids is 1. The van der Waals surface area contributed by atoms with E-state index in [1.54, 1.807) is 20.8 Å². The number of benzene rings is 1. The Morgan fingerprint density at radius 1 is 1.26 bits per heavy atom. The van der Waals surface area contributed by atoms with Crippen molar-refractivity contribution in [2.75, 3.05) is 6.54 Å². The number of alkyl carbamates (subject to hydrolysis) is 1. The molecule has 2 aromatic rings. The highest BCUT2D eigenvalue weighted by atomic mass is 19.1. The van der Waals surface area contributed by atoms with E-state index in [1.807, 2.05) is 12.1 Å². The summed E-state index contributed by atoms with van der Waals surface area (Å²) in [5.74, 6) is 0. The third kappa shape index (κ3) is 5.54. The quantitative estimate of drug-likeness (QED) is 0.741. The molecule has 0 aliphatic heterocycles. The van der Waals surface area contributed by atoms with E-state index in [-0.39, 0.29) is 6.54 Å². The maximum atomic E-state index is 13.3. The molecular formula is C26H31FN2O2. The Labute approximate surface area is 183 Å². The van der Waals surface area contributed by atoms with Gasteiger partial charge in [-0.2, -0.15) is 0 Å². The minimum atomic E-state index is -0.581. The van der Waals surface area contributed by atoms with Crippen LogP contribution in [-0.4, -0.2) is 22.8 Å². The SMILES string of the molecule is C=c1c2c(n(-c3ccc(CC/C(=C/F)CNC(=O)OC(C)(C)C)cc3)c1=C)C=CCC2. The summed E-state index contributed by atoms with van der Waals surface area (Å²) in [6, 6.07) is 8.22. The molecule has 0 fully saturated rings. The molecule has 5 heteroatoms. The van der Waals surface area contributed by atoms with Gasteiger partial charge in [-0.05, 0) is 86.6 Å². The van der Waals surface area contributed by atoms with E-state index in [9.17, 15) is 9.18 Å². The minimum absolute atomic E-state index is 0.127. The largest absolute Gasteiger partial charge is 0.444 e. The van der Waals surface area contributed by atoms with Crippen LogP contribution in [-0.2, 0) is 17.6 Å². The fourth-order valence-corrected chi connectivity index (χ4v) is 3.71. The second-order valence-electron chi connectivity index (χ2n) is 8.85. The zero-order valence-electron chi connectivity index (χ0n) is 18.6. The zero-order chi connectivity index (χ0) is 22.6. The third-order valence-electron chi connectivity index (χ3n) is 5.31. The van der Waals surface area contributed by atoms with Crippen LogP contribution in [0.3, 0.4) is 0 Å². The predicted molar refractivity (Wildman–Crippen MR) is 125 cm³/mol. The standard InChI is InChI=1S/C26H31FN2O2/c1-18-19(2)29(24-9-7-6-8-23(18)24)22-14-12-20(13-15-22)10-11-21(16-27)17-28-25(30)31-26(3,4)5/h7,9,12-16H,1-2,6,8,10-11,17H2,3-5H3,(H,28,30)/b21-16-. The molecule has 1 amide bonds. The summed E-state index contributed by atoms with van der Waals surface area (Å²) in [5.41, 5.74) is 4.50. The average Bonchev–Trinajstić information content (AvgIpc) is 2.98. The van der Waals surface area contributed by atoms with E-state index < -0.39 is 11.7 Å². The molecule has 31 heavy (non-hydrogen) atoms. The van der Waals surface area contributed by atoms with E-state index in [1.165, 1.54) is 5.56 Å². The Kier molecular flexibility index (Phi) is 6.84. The van der Waals surface area contributed by atoms with Crippen LogP contribution < -0.4 is 15.9 Å². The van der Waals surface area contributed by atoms with E-state index in [0.29, 0.717) is 24.7 Å². The van der Waals surface area contributed by atoms with Gasteiger partial charge in [0.05, 0.1) is 6.33 Å². The van der Waals surface area contributed by atoms with Gasteiger partial charge in [0.25, 0.3) is 0 Å². The van der Waals surface area contributed by atoms with Gasteiger partial charge in [-0.25, -0.2) is 9.18 Å². The second kappa shape index (κ2) is 9.38. The lowest BCUT2D eigenvalue weighted by Gasteiger charge is -2.20. The fourth-order valence-electron chi connectivity index (χ4n) is 3.71. The molecule has 0 atom stereocenters. The number of aryl methyl sites for hydroxylation is 1. The Morgan fingerprint density at radius 2 is 1.97 bits per heavy atom. The summed E-state index contributed by atoms with van der Waals surface area (Å²) in [7, 11) is 0. The highest BCUT2D eigenvalue weighted by Gasteiger charge is 2.16. The number of carbonyl (C=O) groups is 1. The highest BCUT2D eigenvalue weighted by molar-refractivity contribution is 5.68. The monoisotopic (exact) mass is 422 g/mol. The lowest BCUT2D eigenvalue weighted by molar-refractivity contribution is 0.0532. The molecular weight excluding hydrogens is 391 g/mol. The molecule has 0 radical (unpaired) electrons. The number of nitrogens with zero attached hydrogens (tertiary/aromatic N) is 1. The topological polar surface area (TPSA) is 43.3 Å². The number of halogens is 1. The molecule has 164 valence electrons. The molecule has 0 unspecified atom stereocenters. The summed E-state index contributed by atoms with van der Waals surface area (Å²) in [5, 5.41) is 4.53. The summed E-state index contributed by atoms with van der Waals surface area (Å²) in [6.45, 7) is 13.9. The van der Waals surface area contributed by atoms with Crippen LogP contribution in [0.2, 0.25) is 0 Å². The summed E-state index contributed by atoms with van der Waals surface area (Å²) in [4.78, 5) is 11.8. The smallest absolute Gasteiger partial charge is 0.407 e. The van der Waals surface area contributed by atoms with E-state index >= 15 is 0 Å². The van der Waals surface area contributed by atoms with Crippen LogP contribution in [0.25, 0.3) is 24.9 Å². The summed E-state index contributed by atoms with van der Waals surface area (Å²) >= 11 is 0. The third-order valence-corrected chi connectivity index (χ3v) is 5.31. The molecule has 3 rings (SSSR count). The number of aromatic nitrogens is 1. The molecule has 0 saturated carbocycles. The molecule has 1 heterocycles. The maximum absolute atomic E-state index is 13.3. The summed E-state index contributed by atoms with van der Waals surface area (Å²) < 4.78 is 20.6. The first kappa shape index (κ1) is 22.6. The van der Waals surface area contributed by atoms with Gasteiger partial charge < -0.3 is 14.6 Å². The van der Waals surface area contributed by atoms with Crippen LogP contribution in [0.5, 0.6) is 0 Å². The molecule has 1 aliphatic rings. The van der Waals surface area contributed by atoms with E-state index in [2.05, 4.69) is 47.3 Å². The minimum Gasteiger partial charge on any atom is -0.444 e. The molecule has 1 N–H and O–H groups in total. The number of allylic oxidation sites excluding steroid dienone is 1. The van der Waals surface area contributed by atoms with E-state index in [4.69, 9.17) is 4.74 Å². The van der Waals surface area contributed by atoms with Crippen molar-refractivity contribution >= 4 is 25.3 Å². The molecule has 0 spiro atoms. The van der Waals surface area contributed by atoms with Crippen LogP contribution >= 0.6 is 0 Å². The lowest BCUT2D eigenvalue weighted by Crippen LogP contribution is -2.33. The van der Waals surface area contributed by atoms with Gasteiger partial charge in [-0.15, -0.1) is 0 Å². The number of amides is 1. The van der Waals surface area contributed by atoms with Gasteiger partial charge in [-0.3, -0.25) is 0 Å². The number of hydrogen-bond acceptors (Lipinski definition) is 2. The van der Waals surface area contributed by atoms with Crippen molar-refractivity contribution in [3.63, 3.8) is 0 Å². The van der Waals surface area contributed by atoms with Crippen molar-refractivity contribution in [1.29, 1.82) is 0 Å². The van der Waals surface area contributed by atoms with Crippen LogP contribution in [0.4, 0.5) is 9.18 Å². The zero-order valence-corrected chi connectivity index (χ0v) is 18.6. The van der Waals surface area contributed by atoms with E-state index in [0.717, 1.165) is 40.4 Å². The molecule has 0 saturated heterocycles. The molecule has 1 aromatic heterocycles. The molecule has 1 aromatic carbocycles. The second-order valence-corrected chi connectivity index (χ2v) is 8.85. The van der Waals surface area contributed by atoms with Gasteiger partial charge in [0.15, 0.2) is 0 Å².